The predicted molar refractivity (Wildman–Crippen MR) is 77.8 cm³/mol. The van der Waals surface area contributed by atoms with Gasteiger partial charge in [0.05, 0.1) is 6.42 Å². The van der Waals surface area contributed by atoms with Crippen LogP contribution >= 0.6 is 0 Å². The van der Waals surface area contributed by atoms with Crippen molar-refractivity contribution >= 4 is 11.8 Å². The van der Waals surface area contributed by atoms with E-state index in [0.29, 0.717) is 5.56 Å². The largest absolute Gasteiger partial charge is 0.368 e. The van der Waals surface area contributed by atoms with Crippen LogP contribution in [0, 0.1) is 11.7 Å². The second-order valence-electron chi connectivity index (χ2n) is 5.65. The van der Waals surface area contributed by atoms with Gasteiger partial charge >= 0.3 is 0 Å². The fourth-order valence-corrected chi connectivity index (χ4v) is 2.90. The molecule has 0 heterocycles. The van der Waals surface area contributed by atoms with Crippen molar-refractivity contribution in [3.05, 3.63) is 35.6 Å². The number of hydrogen-bond acceptors (Lipinski definition) is 2. The number of halogens is 1. The molecule has 1 atom stereocenters. The first-order valence-corrected chi connectivity index (χ1v) is 7.39. The molecule has 0 bridgehead atoms. The Kier molecular flexibility index (Phi) is 5.31. The first-order valence-electron chi connectivity index (χ1n) is 7.39. The number of primary amides is 1. The summed E-state index contributed by atoms with van der Waals surface area (Å²) in [6.07, 6.45) is 5.28. The fraction of sp³-hybridized carbons (Fsp3) is 0.500. The maximum atomic E-state index is 12.8. The van der Waals surface area contributed by atoms with Crippen LogP contribution in [0.1, 0.15) is 37.7 Å². The molecule has 1 saturated carbocycles. The molecule has 2 rings (SSSR count). The number of hydrogen-bond donors (Lipinski definition) is 2. The van der Waals surface area contributed by atoms with E-state index in [9.17, 15) is 14.0 Å². The summed E-state index contributed by atoms with van der Waals surface area (Å²) < 4.78 is 12.8. The van der Waals surface area contributed by atoms with Gasteiger partial charge in [0.1, 0.15) is 11.9 Å². The van der Waals surface area contributed by atoms with Gasteiger partial charge in [-0.2, -0.15) is 0 Å². The third-order valence-corrected chi connectivity index (χ3v) is 4.02. The normalized spacial score (nSPS) is 17.2. The molecule has 3 N–H and O–H groups in total. The molecule has 1 aromatic rings. The molecule has 1 aliphatic carbocycles. The third-order valence-electron chi connectivity index (χ3n) is 4.02. The van der Waals surface area contributed by atoms with Crippen molar-refractivity contribution in [3.8, 4) is 0 Å². The van der Waals surface area contributed by atoms with Gasteiger partial charge in [-0.3, -0.25) is 9.59 Å². The molecule has 0 unspecified atom stereocenters. The molecule has 0 saturated heterocycles. The van der Waals surface area contributed by atoms with Gasteiger partial charge in [0, 0.05) is 0 Å². The quantitative estimate of drug-likeness (QED) is 0.870. The summed E-state index contributed by atoms with van der Waals surface area (Å²) in [6.45, 7) is 0. The topological polar surface area (TPSA) is 72.2 Å². The Morgan fingerprint density at radius 2 is 1.81 bits per heavy atom. The maximum absolute atomic E-state index is 12.8. The van der Waals surface area contributed by atoms with E-state index in [1.165, 1.54) is 18.6 Å². The van der Waals surface area contributed by atoms with E-state index in [4.69, 9.17) is 5.73 Å². The molecule has 1 aromatic carbocycles. The van der Waals surface area contributed by atoms with Crippen LogP contribution in [-0.4, -0.2) is 17.9 Å². The third kappa shape index (κ3) is 4.55. The van der Waals surface area contributed by atoms with Crippen LogP contribution in [0.15, 0.2) is 24.3 Å². The van der Waals surface area contributed by atoms with E-state index < -0.39 is 11.9 Å². The molecule has 1 fully saturated rings. The molecule has 0 radical (unpaired) electrons. The van der Waals surface area contributed by atoms with Gasteiger partial charge in [0.25, 0.3) is 0 Å². The summed E-state index contributed by atoms with van der Waals surface area (Å²) in [4.78, 5) is 23.6. The number of rotatable bonds is 5. The lowest BCUT2D eigenvalue weighted by molar-refractivity contribution is -0.128. The number of carbonyl (C=O) groups excluding carboxylic acids is 2. The highest BCUT2D eigenvalue weighted by molar-refractivity contribution is 5.87. The highest BCUT2D eigenvalue weighted by atomic mass is 19.1. The Morgan fingerprint density at radius 1 is 1.19 bits per heavy atom. The van der Waals surface area contributed by atoms with E-state index in [2.05, 4.69) is 5.32 Å². The zero-order valence-electron chi connectivity index (χ0n) is 12.0. The minimum Gasteiger partial charge on any atom is -0.368 e. The lowest BCUT2D eigenvalue weighted by atomic mass is 9.83. The number of amides is 2. The van der Waals surface area contributed by atoms with E-state index in [-0.39, 0.29) is 24.1 Å². The van der Waals surface area contributed by atoms with Gasteiger partial charge in [-0.05, 0) is 36.5 Å². The monoisotopic (exact) mass is 292 g/mol. The summed E-state index contributed by atoms with van der Waals surface area (Å²) in [5.41, 5.74) is 6.13. The van der Waals surface area contributed by atoms with E-state index >= 15 is 0 Å². The maximum Gasteiger partial charge on any atom is 0.240 e. The van der Waals surface area contributed by atoms with Crippen LogP contribution in [0.25, 0.3) is 0 Å². The summed E-state index contributed by atoms with van der Waals surface area (Å²) in [5, 5.41) is 2.74. The first kappa shape index (κ1) is 15.5. The molecule has 1 aliphatic rings. The van der Waals surface area contributed by atoms with Crippen molar-refractivity contribution in [3.63, 3.8) is 0 Å². The zero-order chi connectivity index (χ0) is 15.2. The molecule has 21 heavy (non-hydrogen) atoms. The van der Waals surface area contributed by atoms with Gasteiger partial charge in [-0.15, -0.1) is 0 Å². The van der Waals surface area contributed by atoms with Crippen molar-refractivity contribution in [2.75, 3.05) is 0 Å². The van der Waals surface area contributed by atoms with Crippen LogP contribution in [0.2, 0.25) is 0 Å². The van der Waals surface area contributed by atoms with Crippen LogP contribution < -0.4 is 11.1 Å². The minimum atomic E-state index is -0.599. The molecule has 5 heteroatoms. The molecule has 2 amide bonds. The van der Waals surface area contributed by atoms with Gasteiger partial charge in [0.2, 0.25) is 11.8 Å². The summed E-state index contributed by atoms with van der Waals surface area (Å²) in [6, 6.07) is 5.16. The summed E-state index contributed by atoms with van der Waals surface area (Å²) in [5.74, 6) is -0.935. The van der Waals surface area contributed by atoms with Crippen LogP contribution in [0.5, 0.6) is 0 Å². The average Bonchev–Trinajstić information content (AvgIpc) is 2.48. The molecule has 0 spiro atoms. The van der Waals surface area contributed by atoms with E-state index in [0.717, 1.165) is 25.7 Å². The number of nitrogens with two attached hydrogens (primary N) is 1. The van der Waals surface area contributed by atoms with E-state index in [1.54, 1.807) is 12.1 Å². The SMILES string of the molecule is NC(=O)[C@H](NC(=O)Cc1ccc(F)cc1)C1CCCCC1. The Balaban J connectivity index is 1.94. The predicted octanol–water partition coefficient (Wildman–Crippen LogP) is 1.92. The first-order chi connectivity index (χ1) is 10.1. The number of benzene rings is 1. The van der Waals surface area contributed by atoms with Crippen molar-refractivity contribution in [2.45, 2.75) is 44.6 Å². The fourth-order valence-electron chi connectivity index (χ4n) is 2.90. The summed E-state index contributed by atoms with van der Waals surface area (Å²) >= 11 is 0. The van der Waals surface area contributed by atoms with Crippen LogP contribution in [0.3, 0.4) is 0 Å². The van der Waals surface area contributed by atoms with E-state index in [1.807, 2.05) is 0 Å². The lowest BCUT2D eigenvalue weighted by Gasteiger charge is -2.28. The second kappa shape index (κ2) is 7.20. The molecular weight excluding hydrogens is 271 g/mol. The Bertz CT molecular complexity index is 496. The Morgan fingerprint density at radius 3 is 2.38 bits per heavy atom. The Labute approximate surface area is 123 Å². The Hall–Kier alpha value is -1.91. The van der Waals surface area contributed by atoms with Crippen LogP contribution in [0.4, 0.5) is 4.39 Å². The van der Waals surface area contributed by atoms with Crippen molar-refractivity contribution < 1.29 is 14.0 Å². The molecule has 114 valence electrons. The minimum absolute atomic E-state index is 0.122. The second-order valence-corrected chi connectivity index (χ2v) is 5.65. The zero-order valence-corrected chi connectivity index (χ0v) is 12.0. The summed E-state index contributed by atoms with van der Waals surface area (Å²) in [7, 11) is 0. The number of nitrogens with one attached hydrogen (secondary N) is 1. The highest BCUT2D eigenvalue weighted by Gasteiger charge is 2.29. The standard InChI is InChI=1S/C16H21FN2O2/c17-13-8-6-11(7-9-13)10-14(20)19-15(16(18)21)12-4-2-1-3-5-12/h6-9,12,15H,1-5,10H2,(H2,18,21)(H,19,20)/t15-/m1/s1. The molecule has 0 aliphatic heterocycles. The smallest absolute Gasteiger partial charge is 0.240 e. The molecule has 4 nitrogen and oxygen atoms in total. The van der Waals surface area contributed by atoms with Crippen LogP contribution in [-0.2, 0) is 16.0 Å². The number of carbonyl (C=O) groups is 2. The highest BCUT2D eigenvalue weighted by Crippen LogP contribution is 2.26. The van der Waals surface area contributed by atoms with Crippen molar-refractivity contribution in [2.24, 2.45) is 11.7 Å². The van der Waals surface area contributed by atoms with Crippen molar-refractivity contribution in [1.82, 2.24) is 5.32 Å². The molecule has 0 aromatic heterocycles. The lowest BCUT2D eigenvalue weighted by Crippen LogP contribution is -2.50. The van der Waals surface area contributed by atoms with Gasteiger partial charge in [-0.1, -0.05) is 31.4 Å². The van der Waals surface area contributed by atoms with Gasteiger partial charge in [-0.25, -0.2) is 4.39 Å². The van der Waals surface area contributed by atoms with Gasteiger partial charge in [0.15, 0.2) is 0 Å². The van der Waals surface area contributed by atoms with Gasteiger partial charge < -0.3 is 11.1 Å². The van der Waals surface area contributed by atoms with Crippen molar-refractivity contribution in [1.29, 1.82) is 0 Å². The average molecular weight is 292 g/mol. The molecular formula is C16H21FN2O2.